The number of unbranched alkanes of at least 4 members (excludes halogenated alkanes) is 1. The van der Waals surface area contributed by atoms with Crippen molar-refractivity contribution in [3.63, 3.8) is 0 Å². The molecule has 1 aromatic rings. The molecule has 1 heterocycles. The summed E-state index contributed by atoms with van der Waals surface area (Å²) in [7, 11) is 3.84. The molecular weight excluding hydrogens is 368 g/mol. The fourth-order valence-electron chi connectivity index (χ4n) is 3.97. The molecule has 1 aliphatic carbocycles. The number of rotatable bonds is 7. The second-order valence-corrected chi connectivity index (χ2v) is 7.94. The van der Waals surface area contributed by atoms with E-state index in [4.69, 9.17) is 14.2 Å². The van der Waals surface area contributed by atoms with Crippen molar-refractivity contribution in [2.45, 2.75) is 64.2 Å². The molecule has 6 heteroatoms. The number of carbonyl (C=O) groups excluding carboxylic acids is 1. The average molecular weight is 403 g/mol. The largest absolute Gasteiger partial charge is 0.493 e. The summed E-state index contributed by atoms with van der Waals surface area (Å²) in [6, 6.07) is 4.15. The van der Waals surface area contributed by atoms with Gasteiger partial charge in [-0.1, -0.05) is 25.5 Å². The molecule has 29 heavy (non-hydrogen) atoms. The van der Waals surface area contributed by atoms with E-state index in [1.165, 1.54) is 11.1 Å². The van der Waals surface area contributed by atoms with Gasteiger partial charge in [0.15, 0.2) is 11.5 Å². The van der Waals surface area contributed by atoms with Crippen LogP contribution in [0.3, 0.4) is 0 Å². The molecule has 0 spiro atoms. The number of alkyl carbamates (subject to hydrolysis) is 1. The van der Waals surface area contributed by atoms with Crippen LogP contribution in [0, 0.1) is 0 Å². The van der Waals surface area contributed by atoms with Gasteiger partial charge >= 0.3 is 6.09 Å². The number of ether oxygens (including phenoxy) is 3. The minimum atomic E-state index is -0.358. The van der Waals surface area contributed by atoms with E-state index in [1.54, 1.807) is 7.11 Å². The molecule has 1 aliphatic heterocycles. The number of methoxy groups -OCH3 is 1. The van der Waals surface area contributed by atoms with Crippen LogP contribution in [-0.2, 0) is 17.7 Å². The highest BCUT2D eigenvalue weighted by Crippen LogP contribution is 2.38. The molecular formula is C23H34N2O4. The van der Waals surface area contributed by atoms with Crippen LogP contribution in [0.15, 0.2) is 24.3 Å². The summed E-state index contributed by atoms with van der Waals surface area (Å²) in [6.07, 6.45) is 8.84. The van der Waals surface area contributed by atoms with Crippen molar-refractivity contribution in [1.29, 1.82) is 0 Å². The van der Waals surface area contributed by atoms with Crippen molar-refractivity contribution in [1.82, 2.24) is 10.2 Å². The van der Waals surface area contributed by atoms with Gasteiger partial charge < -0.3 is 24.4 Å². The highest BCUT2D eigenvalue weighted by Gasteiger charge is 2.26. The van der Waals surface area contributed by atoms with Crippen molar-refractivity contribution >= 4 is 6.09 Å². The Kier molecular flexibility index (Phi) is 7.81. The molecule has 2 aliphatic rings. The summed E-state index contributed by atoms with van der Waals surface area (Å²) in [5, 5.41) is 2.81. The lowest BCUT2D eigenvalue weighted by Gasteiger charge is -2.28. The normalized spacial score (nSPS) is 21.8. The third kappa shape index (κ3) is 5.89. The Balaban J connectivity index is 1.67. The first-order valence-electron chi connectivity index (χ1n) is 10.8. The molecule has 1 N–H and O–H groups in total. The van der Waals surface area contributed by atoms with Crippen molar-refractivity contribution in [2.75, 3.05) is 27.2 Å². The van der Waals surface area contributed by atoms with Crippen LogP contribution in [0.2, 0.25) is 0 Å². The second-order valence-electron chi connectivity index (χ2n) is 7.94. The lowest BCUT2D eigenvalue weighted by Crippen LogP contribution is -2.33. The van der Waals surface area contributed by atoms with Gasteiger partial charge in [0.2, 0.25) is 0 Å². The van der Waals surface area contributed by atoms with E-state index in [2.05, 4.69) is 30.3 Å². The van der Waals surface area contributed by atoms with Crippen LogP contribution in [0.1, 0.15) is 50.2 Å². The van der Waals surface area contributed by atoms with E-state index in [0.29, 0.717) is 13.0 Å². The van der Waals surface area contributed by atoms with Gasteiger partial charge in [-0.15, -0.1) is 0 Å². The van der Waals surface area contributed by atoms with E-state index in [0.717, 1.165) is 56.7 Å². The van der Waals surface area contributed by atoms with Gasteiger partial charge in [0.1, 0.15) is 12.2 Å². The number of hydrogen-bond donors (Lipinski definition) is 1. The van der Waals surface area contributed by atoms with Gasteiger partial charge in [0, 0.05) is 31.5 Å². The van der Waals surface area contributed by atoms with Crippen molar-refractivity contribution in [3.8, 4) is 11.5 Å². The minimum Gasteiger partial charge on any atom is -0.493 e. The van der Waals surface area contributed by atoms with Gasteiger partial charge in [0.25, 0.3) is 0 Å². The fourth-order valence-corrected chi connectivity index (χ4v) is 3.97. The Bertz CT molecular complexity index is 719. The zero-order chi connectivity index (χ0) is 20.6. The summed E-state index contributed by atoms with van der Waals surface area (Å²) < 4.78 is 17.6. The number of benzene rings is 1. The summed E-state index contributed by atoms with van der Waals surface area (Å²) in [5.74, 6) is 1.63. The average Bonchev–Trinajstić information content (AvgIpc) is 2.89. The number of amides is 1. The lowest BCUT2D eigenvalue weighted by atomic mass is 9.99. The maximum atomic E-state index is 12.0. The summed E-state index contributed by atoms with van der Waals surface area (Å²) in [6.45, 7) is 4.73. The fraction of sp³-hybridized carbons (Fsp3) is 0.609. The molecule has 2 unspecified atom stereocenters. The molecule has 0 radical (unpaired) electrons. The molecule has 1 aromatic carbocycles. The molecule has 0 saturated carbocycles. The van der Waals surface area contributed by atoms with E-state index in [-0.39, 0.29) is 18.3 Å². The van der Waals surface area contributed by atoms with E-state index >= 15 is 0 Å². The molecule has 1 amide bonds. The van der Waals surface area contributed by atoms with Crippen LogP contribution in [0.25, 0.3) is 0 Å². The molecule has 6 nitrogen and oxygen atoms in total. The Labute approximate surface area is 174 Å². The number of hydrogen-bond acceptors (Lipinski definition) is 5. The molecule has 0 fully saturated rings. The van der Waals surface area contributed by atoms with E-state index in [1.807, 2.05) is 18.2 Å². The third-order valence-corrected chi connectivity index (χ3v) is 5.54. The Hall–Kier alpha value is -2.21. The lowest BCUT2D eigenvalue weighted by molar-refractivity contribution is 0.0776. The second kappa shape index (κ2) is 10.5. The van der Waals surface area contributed by atoms with Crippen LogP contribution < -0.4 is 14.8 Å². The highest BCUT2D eigenvalue weighted by atomic mass is 16.6. The molecule has 0 aromatic heterocycles. The predicted octanol–water partition coefficient (Wildman–Crippen LogP) is 4.07. The molecule has 2 atom stereocenters. The Morgan fingerprint density at radius 2 is 2.21 bits per heavy atom. The first kappa shape index (κ1) is 21.5. The third-order valence-electron chi connectivity index (χ3n) is 5.54. The van der Waals surface area contributed by atoms with Crippen molar-refractivity contribution < 1.29 is 19.0 Å². The van der Waals surface area contributed by atoms with Crippen LogP contribution in [0.4, 0.5) is 4.79 Å². The zero-order valence-corrected chi connectivity index (χ0v) is 17.9. The van der Waals surface area contributed by atoms with Gasteiger partial charge in [0.05, 0.1) is 7.11 Å². The molecule has 160 valence electrons. The van der Waals surface area contributed by atoms with Crippen molar-refractivity contribution in [2.24, 2.45) is 0 Å². The van der Waals surface area contributed by atoms with Gasteiger partial charge in [-0.3, -0.25) is 0 Å². The predicted molar refractivity (Wildman–Crippen MR) is 114 cm³/mol. The summed E-state index contributed by atoms with van der Waals surface area (Å²) in [5.41, 5.74) is 2.55. The van der Waals surface area contributed by atoms with E-state index in [9.17, 15) is 4.79 Å². The summed E-state index contributed by atoms with van der Waals surface area (Å²) >= 11 is 0. The standard InChI is InChI=1S/C23H34N2O4/c1-4-5-13-24-23(26)29-19-9-6-8-18(15-19)28-22-20-10-7-14-25(2)16-17(20)11-12-21(22)27-3/h6,9,11-12,18-19H,4-5,7-8,10,13-16H2,1-3H3,(H,24,26). The van der Waals surface area contributed by atoms with Gasteiger partial charge in [-0.05, 0) is 50.6 Å². The highest BCUT2D eigenvalue weighted by molar-refractivity contribution is 5.67. The van der Waals surface area contributed by atoms with Crippen molar-refractivity contribution in [3.05, 3.63) is 35.4 Å². The number of fused-ring (bicyclic) bond motifs is 1. The number of carbonyl (C=O) groups is 1. The molecule has 3 rings (SSSR count). The van der Waals surface area contributed by atoms with Gasteiger partial charge in [-0.2, -0.15) is 0 Å². The monoisotopic (exact) mass is 402 g/mol. The van der Waals surface area contributed by atoms with Crippen LogP contribution in [0.5, 0.6) is 11.5 Å². The number of nitrogens with one attached hydrogen (secondary N) is 1. The maximum absolute atomic E-state index is 12.0. The zero-order valence-electron chi connectivity index (χ0n) is 17.9. The number of nitrogens with zero attached hydrogens (tertiary/aromatic N) is 1. The maximum Gasteiger partial charge on any atom is 0.407 e. The van der Waals surface area contributed by atoms with Crippen LogP contribution in [-0.4, -0.2) is 50.4 Å². The van der Waals surface area contributed by atoms with E-state index < -0.39 is 0 Å². The summed E-state index contributed by atoms with van der Waals surface area (Å²) in [4.78, 5) is 14.3. The minimum absolute atomic E-state index is 0.0465. The van der Waals surface area contributed by atoms with Crippen LogP contribution >= 0.6 is 0 Å². The Morgan fingerprint density at radius 3 is 3.00 bits per heavy atom. The topological polar surface area (TPSA) is 60.0 Å². The quantitative estimate of drug-likeness (QED) is 0.550. The smallest absolute Gasteiger partial charge is 0.407 e. The SMILES string of the molecule is CCCCNC(=O)OC1C=CCC(Oc2c(OC)ccc3c2CCCN(C)C3)C1. The molecule has 0 bridgehead atoms. The first-order chi connectivity index (χ1) is 14.1. The first-order valence-corrected chi connectivity index (χ1v) is 10.8. The Morgan fingerprint density at radius 1 is 1.34 bits per heavy atom. The molecule has 0 saturated heterocycles. The van der Waals surface area contributed by atoms with Gasteiger partial charge in [-0.25, -0.2) is 4.79 Å².